The molecule has 2 heterocycles. The van der Waals surface area contributed by atoms with E-state index in [-0.39, 0.29) is 5.91 Å². The first-order chi connectivity index (χ1) is 14.3. The number of carbonyl (C=O) groups is 1. The average molecular weight is 374 g/mol. The van der Waals surface area contributed by atoms with Gasteiger partial charge in [0, 0.05) is 34.8 Å². The van der Waals surface area contributed by atoms with Crippen LogP contribution in [0.3, 0.4) is 0 Å². The normalized spacial score (nSPS) is 13.9. The molecule has 0 spiro atoms. The fraction of sp³-hybridized carbons (Fsp3) is 0. The Hall–Kier alpha value is -3.98. The van der Waals surface area contributed by atoms with Crippen LogP contribution in [0.5, 0.6) is 0 Å². The standard InChI is InChI=1S/C26H18N2O/c29-26-24(15-20-9-4-5-11-22(20)18-7-2-1-3-8-18)23-13-12-19(16-25(23)28-26)21-10-6-14-27-17-21/h1-17H,(H,28,29)/b24-15+. The number of hydrogen-bond donors (Lipinski definition) is 1. The summed E-state index contributed by atoms with van der Waals surface area (Å²) < 4.78 is 0. The maximum absolute atomic E-state index is 12.7. The molecule has 0 saturated carbocycles. The zero-order valence-electron chi connectivity index (χ0n) is 15.7. The van der Waals surface area contributed by atoms with Gasteiger partial charge in [-0.15, -0.1) is 0 Å². The van der Waals surface area contributed by atoms with Crippen molar-refractivity contribution in [1.82, 2.24) is 4.98 Å². The van der Waals surface area contributed by atoms with Crippen molar-refractivity contribution in [2.75, 3.05) is 5.32 Å². The van der Waals surface area contributed by atoms with Crippen LogP contribution in [0.25, 0.3) is 33.9 Å². The van der Waals surface area contributed by atoms with Crippen LogP contribution >= 0.6 is 0 Å². The third-order valence-corrected chi connectivity index (χ3v) is 5.14. The summed E-state index contributed by atoms with van der Waals surface area (Å²) in [5.41, 5.74) is 7.75. The van der Waals surface area contributed by atoms with E-state index in [1.54, 1.807) is 6.20 Å². The van der Waals surface area contributed by atoms with Gasteiger partial charge in [0.05, 0.1) is 0 Å². The minimum absolute atomic E-state index is 0.0776. The van der Waals surface area contributed by atoms with E-state index in [1.165, 1.54) is 0 Å². The SMILES string of the molecule is O=C1Nc2cc(-c3cccnc3)ccc2/C1=C\c1ccccc1-c1ccccc1. The molecule has 1 amide bonds. The molecule has 138 valence electrons. The van der Waals surface area contributed by atoms with Gasteiger partial charge in [0.2, 0.25) is 0 Å². The second kappa shape index (κ2) is 7.21. The van der Waals surface area contributed by atoms with Gasteiger partial charge in [0.15, 0.2) is 0 Å². The third-order valence-electron chi connectivity index (χ3n) is 5.14. The molecule has 3 heteroatoms. The Bertz CT molecular complexity index is 1230. The highest BCUT2D eigenvalue weighted by molar-refractivity contribution is 6.35. The lowest BCUT2D eigenvalue weighted by atomic mass is 9.96. The largest absolute Gasteiger partial charge is 0.321 e. The number of amides is 1. The van der Waals surface area contributed by atoms with E-state index in [4.69, 9.17) is 0 Å². The van der Waals surface area contributed by atoms with Crippen LogP contribution in [0.1, 0.15) is 11.1 Å². The molecule has 0 bridgehead atoms. The molecule has 29 heavy (non-hydrogen) atoms. The zero-order chi connectivity index (χ0) is 19.6. The molecule has 1 aliphatic heterocycles. The first-order valence-electron chi connectivity index (χ1n) is 9.52. The Kier molecular flexibility index (Phi) is 4.26. The van der Waals surface area contributed by atoms with Crippen molar-refractivity contribution in [3.63, 3.8) is 0 Å². The van der Waals surface area contributed by atoms with E-state index >= 15 is 0 Å². The van der Waals surface area contributed by atoms with Gasteiger partial charge in [-0.1, -0.05) is 72.8 Å². The molecule has 0 radical (unpaired) electrons. The number of nitrogens with one attached hydrogen (secondary N) is 1. The highest BCUT2D eigenvalue weighted by Gasteiger charge is 2.24. The molecule has 0 saturated heterocycles. The molecule has 0 atom stereocenters. The predicted molar refractivity (Wildman–Crippen MR) is 118 cm³/mol. The lowest BCUT2D eigenvalue weighted by Crippen LogP contribution is -2.03. The summed E-state index contributed by atoms with van der Waals surface area (Å²) in [6.07, 6.45) is 5.56. The first kappa shape index (κ1) is 17.1. The minimum Gasteiger partial charge on any atom is -0.321 e. The number of hydrogen-bond acceptors (Lipinski definition) is 2. The lowest BCUT2D eigenvalue weighted by Gasteiger charge is -2.07. The Morgan fingerprint density at radius 1 is 0.724 bits per heavy atom. The summed E-state index contributed by atoms with van der Waals surface area (Å²) in [4.78, 5) is 16.9. The molecule has 4 aromatic rings. The Morgan fingerprint density at radius 2 is 1.52 bits per heavy atom. The maximum atomic E-state index is 12.7. The Balaban J connectivity index is 1.58. The molecule has 1 N–H and O–H groups in total. The van der Waals surface area contributed by atoms with Crippen molar-refractivity contribution >= 4 is 23.2 Å². The second-order valence-corrected chi connectivity index (χ2v) is 6.97. The predicted octanol–water partition coefficient (Wildman–Crippen LogP) is 5.91. The van der Waals surface area contributed by atoms with Crippen LogP contribution in [0, 0.1) is 0 Å². The van der Waals surface area contributed by atoms with E-state index in [2.05, 4.69) is 28.5 Å². The summed E-state index contributed by atoms with van der Waals surface area (Å²) in [6.45, 7) is 0. The van der Waals surface area contributed by atoms with Gasteiger partial charge in [-0.05, 0) is 40.5 Å². The van der Waals surface area contributed by atoms with Crippen molar-refractivity contribution in [2.24, 2.45) is 0 Å². The first-order valence-corrected chi connectivity index (χ1v) is 9.52. The number of anilines is 1. The molecular weight excluding hydrogens is 356 g/mol. The van der Waals surface area contributed by atoms with Gasteiger partial charge < -0.3 is 5.32 Å². The number of rotatable bonds is 3. The second-order valence-electron chi connectivity index (χ2n) is 6.97. The molecule has 1 aliphatic rings. The van der Waals surface area contributed by atoms with Gasteiger partial charge in [0.1, 0.15) is 0 Å². The third kappa shape index (κ3) is 3.23. The minimum atomic E-state index is -0.0776. The van der Waals surface area contributed by atoms with E-state index in [0.29, 0.717) is 5.57 Å². The number of nitrogens with zero attached hydrogens (tertiary/aromatic N) is 1. The molecular formula is C26H18N2O. The van der Waals surface area contributed by atoms with E-state index in [9.17, 15) is 4.79 Å². The highest BCUT2D eigenvalue weighted by atomic mass is 16.2. The van der Waals surface area contributed by atoms with E-state index < -0.39 is 0 Å². The number of benzene rings is 3. The molecule has 3 aromatic carbocycles. The van der Waals surface area contributed by atoms with Crippen LogP contribution in [0.4, 0.5) is 5.69 Å². The van der Waals surface area contributed by atoms with Crippen LogP contribution in [-0.4, -0.2) is 10.9 Å². The molecule has 1 aromatic heterocycles. The fourth-order valence-electron chi connectivity index (χ4n) is 3.71. The Labute approximate surface area is 169 Å². The summed E-state index contributed by atoms with van der Waals surface area (Å²) in [6, 6.07) is 28.3. The van der Waals surface area contributed by atoms with Crippen LogP contribution < -0.4 is 5.32 Å². The summed E-state index contributed by atoms with van der Waals surface area (Å²) in [7, 11) is 0. The van der Waals surface area contributed by atoms with Crippen molar-refractivity contribution in [2.45, 2.75) is 0 Å². The van der Waals surface area contributed by atoms with Crippen LogP contribution in [0.15, 0.2) is 97.3 Å². The van der Waals surface area contributed by atoms with Gasteiger partial charge in [0.25, 0.3) is 5.91 Å². The molecule has 0 fully saturated rings. The topological polar surface area (TPSA) is 42.0 Å². The zero-order valence-corrected chi connectivity index (χ0v) is 15.7. The number of pyridine rings is 1. The average Bonchev–Trinajstić information content (AvgIpc) is 3.09. The lowest BCUT2D eigenvalue weighted by molar-refractivity contribution is -0.110. The van der Waals surface area contributed by atoms with Crippen molar-refractivity contribution in [3.05, 3.63) is 108 Å². The molecule has 0 aliphatic carbocycles. The van der Waals surface area contributed by atoms with Crippen molar-refractivity contribution in [1.29, 1.82) is 0 Å². The fourth-order valence-corrected chi connectivity index (χ4v) is 3.71. The number of fused-ring (bicyclic) bond motifs is 1. The number of carbonyl (C=O) groups excluding carboxylic acids is 1. The van der Waals surface area contributed by atoms with E-state index in [1.807, 2.05) is 79.0 Å². The molecule has 5 rings (SSSR count). The summed E-state index contributed by atoms with van der Waals surface area (Å²) in [5, 5.41) is 3.01. The van der Waals surface area contributed by atoms with Crippen molar-refractivity contribution in [3.8, 4) is 22.3 Å². The van der Waals surface area contributed by atoms with Crippen LogP contribution in [-0.2, 0) is 4.79 Å². The monoisotopic (exact) mass is 374 g/mol. The highest BCUT2D eigenvalue weighted by Crippen LogP contribution is 2.37. The summed E-state index contributed by atoms with van der Waals surface area (Å²) >= 11 is 0. The van der Waals surface area contributed by atoms with Gasteiger partial charge >= 0.3 is 0 Å². The van der Waals surface area contributed by atoms with Crippen LogP contribution in [0.2, 0.25) is 0 Å². The molecule has 3 nitrogen and oxygen atoms in total. The quantitative estimate of drug-likeness (QED) is 0.453. The smallest absolute Gasteiger partial charge is 0.256 e. The van der Waals surface area contributed by atoms with Crippen molar-refractivity contribution < 1.29 is 4.79 Å². The molecule has 0 unspecified atom stereocenters. The Morgan fingerprint density at radius 3 is 2.34 bits per heavy atom. The maximum Gasteiger partial charge on any atom is 0.256 e. The van der Waals surface area contributed by atoms with Gasteiger partial charge in [-0.2, -0.15) is 0 Å². The number of aromatic nitrogens is 1. The summed E-state index contributed by atoms with van der Waals surface area (Å²) in [5.74, 6) is -0.0776. The van der Waals surface area contributed by atoms with E-state index in [0.717, 1.165) is 39.1 Å². The van der Waals surface area contributed by atoms with Gasteiger partial charge in [-0.25, -0.2) is 0 Å². The van der Waals surface area contributed by atoms with Gasteiger partial charge in [-0.3, -0.25) is 9.78 Å².